The first-order valence-electron chi connectivity index (χ1n) is 6.37. The van der Waals surface area contributed by atoms with Crippen LogP contribution >= 0.6 is 23.2 Å². The van der Waals surface area contributed by atoms with Gasteiger partial charge in [0.05, 0.1) is 10.7 Å². The Hall–Kier alpha value is -1.72. The molecule has 1 aromatic heterocycles. The fraction of sp³-hybridized carbons (Fsp3) is 0.286. The molecule has 7 heteroatoms. The molecular formula is C14H17Cl2N5. The monoisotopic (exact) mass is 325 g/mol. The molecule has 0 aliphatic rings. The number of aromatic nitrogens is 2. The van der Waals surface area contributed by atoms with Crippen LogP contribution in [0.5, 0.6) is 0 Å². The van der Waals surface area contributed by atoms with Gasteiger partial charge in [0.25, 0.3) is 0 Å². The number of halogens is 2. The second-order valence-corrected chi connectivity index (χ2v) is 6.45. The molecule has 112 valence electrons. The summed E-state index contributed by atoms with van der Waals surface area (Å²) in [5.41, 5.74) is 7.00. The fourth-order valence-electron chi connectivity index (χ4n) is 1.67. The Morgan fingerprint density at radius 3 is 2.43 bits per heavy atom. The van der Waals surface area contributed by atoms with Crippen molar-refractivity contribution in [2.45, 2.75) is 26.3 Å². The Bertz CT molecular complexity index is 652. The highest BCUT2D eigenvalue weighted by atomic mass is 35.5. The van der Waals surface area contributed by atoms with Crippen molar-refractivity contribution in [3.8, 4) is 0 Å². The molecule has 0 fully saturated rings. The lowest BCUT2D eigenvalue weighted by atomic mass is 10.1. The minimum atomic E-state index is -0.159. The summed E-state index contributed by atoms with van der Waals surface area (Å²) in [6.45, 7) is 6.07. The molecule has 0 amide bonds. The molecule has 0 atom stereocenters. The van der Waals surface area contributed by atoms with Crippen molar-refractivity contribution in [1.82, 2.24) is 9.97 Å². The number of hydrogen-bond donors (Lipinski definition) is 3. The Labute approximate surface area is 133 Å². The maximum atomic E-state index is 6.12. The van der Waals surface area contributed by atoms with Gasteiger partial charge >= 0.3 is 0 Å². The average Bonchev–Trinajstić information content (AvgIpc) is 2.37. The molecule has 5 nitrogen and oxygen atoms in total. The second-order valence-electron chi connectivity index (χ2n) is 5.61. The molecular weight excluding hydrogens is 309 g/mol. The smallest absolute Gasteiger partial charge is 0.159 e. The quantitative estimate of drug-likeness (QED) is 0.783. The Morgan fingerprint density at radius 2 is 1.76 bits per heavy atom. The van der Waals surface area contributed by atoms with Gasteiger partial charge in [-0.3, -0.25) is 0 Å². The predicted octanol–water partition coefficient (Wildman–Crippen LogP) is 4.32. The van der Waals surface area contributed by atoms with Crippen LogP contribution in [0.25, 0.3) is 0 Å². The second kappa shape index (κ2) is 5.95. The minimum absolute atomic E-state index is 0.159. The molecule has 2 rings (SSSR count). The van der Waals surface area contributed by atoms with Crippen molar-refractivity contribution in [3.63, 3.8) is 0 Å². The summed E-state index contributed by atoms with van der Waals surface area (Å²) in [6.07, 6.45) is 1.44. The zero-order valence-electron chi connectivity index (χ0n) is 12.0. The van der Waals surface area contributed by atoms with E-state index in [9.17, 15) is 0 Å². The largest absolute Gasteiger partial charge is 0.393 e. The van der Waals surface area contributed by atoms with Gasteiger partial charge in [0.15, 0.2) is 11.6 Å². The number of anilines is 4. The average molecular weight is 326 g/mol. The van der Waals surface area contributed by atoms with Gasteiger partial charge in [0, 0.05) is 10.6 Å². The van der Waals surface area contributed by atoms with Crippen molar-refractivity contribution in [3.05, 3.63) is 34.6 Å². The van der Waals surface area contributed by atoms with Gasteiger partial charge < -0.3 is 16.4 Å². The number of nitrogens with one attached hydrogen (secondary N) is 2. The van der Waals surface area contributed by atoms with Gasteiger partial charge in [-0.25, -0.2) is 9.97 Å². The van der Waals surface area contributed by atoms with Gasteiger partial charge in [0.1, 0.15) is 12.0 Å². The van der Waals surface area contributed by atoms with Gasteiger partial charge in [-0.2, -0.15) is 0 Å². The van der Waals surface area contributed by atoms with Crippen LogP contribution in [-0.4, -0.2) is 15.5 Å². The number of hydrogen-bond acceptors (Lipinski definition) is 5. The predicted molar refractivity (Wildman–Crippen MR) is 89.6 cm³/mol. The van der Waals surface area contributed by atoms with Crippen LogP contribution in [-0.2, 0) is 0 Å². The highest BCUT2D eigenvalue weighted by molar-refractivity contribution is 6.35. The topological polar surface area (TPSA) is 75.9 Å². The van der Waals surface area contributed by atoms with E-state index in [1.54, 1.807) is 18.2 Å². The molecule has 0 spiro atoms. The normalized spacial score (nSPS) is 11.3. The zero-order valence-corrected chi connectivity index (χ0v) is 13.5. The van der Waals surface area contributed by atoms with E-state index >= 15 is 0 Å². The molecule has 0 unspecified atom stereocenters. The zero-order chi connectivity index (χ0) is 15.6. The van der Waals surface area contributed by atoms with Crippen LogP contribution in [0.15, 0.2) is 24.5 Å². The molecule has 4 N–H and O–H groups in total. The molecule has 0 saturated carbocycles. The maximum absolute atomic E-state index is 6.12. The lowest BCUT2D eigenvalue weighted by Gasteiger charge is -2.23. The number of benzene rings is 1. The third kappa shape index (κ3) is 4.12. The first kappa shape index (κ1) is 15.7. The summed E-state index contributed by atoms with van der Waals surface area (Å²) in [4.78, 5) is 8.31. The summed E-state index contributed by atoms with van der Waals surface area (Å²) < 4.78 is 0. The van der Waals surface area contributed by atoms with E-state index in [0.717, 1.165) is 0 Å². The van der Waals surface area contributed by atoms with E-state index < -0.39 is 0 Å². The Morgan fingerprint density at radius 1 is 1.10 bits per heavy atom. The number of nitrogens with zero attached hydrogens (tertiary/aromatic N) is 2. The molecule has 1 heterocycles. The first-order chi connectivity index (χ1) is 9.76. The number of nitrogens with two attached hydrogens (primary N) is 1. The highest BCUT2D eigenvalue weighted by Crippen LogP contribution is 2.32. The minimum Gasteiger partial charge on any atom is -0.393 e. The third-order valence-electron chi connectivity index (χ3n) is 2.56. The number of nitrogen functional groups attached to an aromatic ring is 1. The van der Waals surface area contributed by atoms with E-state index in [1.165, 1.54) is 6.33 Å². The van der Waals surface area contributed by atoms with Crippen LogP contribution in [0, 0.1) is 0 Å². The lowest BCUT2D eigenvalue weighted by Crippen LogP contribution is -2.27. The molecule has 0 aliphatic heterocycles. The fourth-order valence-corrected chi connectivity index (χ4v) is 2.01. The molecule has 0 radical (unpaired) electrons. The van der Waals surface area contributed by atoms with Crippen molar-refractivity contribution >= 4 is 46.2 Å². The van der Waals surface area contributed by atoms with E-state index in [4.69, 9.17) is 28.9 Å². The van der Waals surface area contributed by atoms with Crippen molar-refractivity contribution in [2.24, 2.45) is 0 Å². The molecule has 21 heavy (non-hydrogen) atoms. The lowest BCUT2D eigenvalue weighted by molar-refractivity contribution is 0.630. The van der Waals surface area contributed by atoms with E-state index in [1.807, 2.05) is 20.8 Å². The van der Waals surface area contributed by atoms with Crippen LogP contribution < -0.4 is 16.4 Å². The van der Waals surface area contributed by atoms with E-state index in [-0.39, 0.29) is 5.54 Å². The first-order valence-corrected chi connectivity index (χ1v) is 7.12. The molecule has 0 bridgehead atoms. The highest BCUT2D eigenvalue weighted by Gasteiger charge is 2.15. The van der Waals surface area contributed by atoms with Crippen LogP contribution in [0.2, 0.25) is 10.0 Å². The van der Waals surface area contributed by atoms with E-state index in [0.29, 0.717) is 33.1 Å². The van der Waals surface area contributed by atoms with Gasteiger partial charge in [-0.15, -0.1) is 0 Å². The Kier molecular flexibility index (Phi) is 4.44. The molecule has 1 aromatic carbocycles. The Balaban J connectivity index is 2.33. The molecule has 0 aliphatic carbocycles. The summed E-state index contributed by atoms with van der Waals surface area (Å²) in [7, 11) is 0. The summed E-state index contributed by atoms with van der Waals surface area (Å²) in [5, 5.41) is 7.40. The third-order valence-corrected chi connectivity index (χ3v) is 3.12. The standard InChI is InChI=1S/C14H17Cl2N5/c1-14(2,3)21-13-11(17)12(18-7-19-13)20-10-6-8(15)4-5-9(10)16/h4-7H,17H2,1-3H3,(H2,18,19,20,21). The van der Waals surface area contributed by atoms with Crippen molar-refractivity contribution in [2.75, 3.05) is 16.4 Å². The van der Waals surface area contributed by atoms with Crippen molar-refractivity contribution in [1.29, 1.82) is 0 Å². The summed E-state index contributed by atoms with van der Waals surface area (Å²) in [5.74, 6) is 1.04. The van der Waals surface area contributed by atoms with Crippen LogP contribution in [0.4, 0.5) is 23.0 Å². The van der Waals surface area contributed by atoms with Crippen LogP contribution in [0.3, 0.4) is 0 Å². The van der Waals surface area contributed by atoms with Crippen LogP contribution in [0.1, 0.15) is 20.8 Å². The molecule has 0 saturated heterocycles. The number of rotatable bonds is 3. The van der Waals surface area contributed by atoms with Crippen molar-refractivity contribution < 1.29 is 0 Å². The summed E-state index contributed by atoms with van der Waals surface area (Å²) >= 11 is 12.1. The molecule has 2 aromatic rings. The van der Waals surface area contributed by atoms with Gasteiger partial charge in [0.2, 0.25) is 0 Å². The van der Waals surface area contributed by atoms with Gasteiger partial charge in [-0.1, -0.05) is 23.2 Å². The maximum Gasteiger partial charge on any atom is 0.159 e. The SMILES string of the molecule is CC(C)(C)Nc1ncnc(Nc2cc(Cl)ccc2Cl)c1N. The summed E-state index contributed by atoms with van der Waals surface area (Å²) in [6, 6.07) is 5.13. The van der Waals surface area contributed by atoms with E-state index in [2.05, 4.69) is 20.6 Å². The van der Waals surface area contributed by atoms with Gasteiger partial charge in [-0.05, 0) is 39.0 Å².